The molecule has 0 bridgehead atoms. The number of aryl methyl sites for hydroxylation is 1. The summed E-state index contributed by atoms with van der Waals surface area (Å²) < 4.78 is 13.1. The highest BCUT2D eigenvalue weighted by Crippen LogP contribution is 2.29. The van der Waals surface area contributed by atoms with Crippen molar-refractivity contribution in [1.29, 1.82) is 0 Å². The molecule has 2 heterocycles. The van der Waals surface area contributed by atoms with Gasteiger partial charge in [0.2, 0.25) is 0 Å². The number of nitrogens with zero attached hydrogens (tertiary/aromatic N) is 5. The second-order valence-electron chi connectivity index (χ2n) is 7.98. The van der Waals surface area contributed by atoms with Crippen molar-refractivity contribution in [2.45, 2.75) is 20.4 Å². The normalized spacial score (nSPS) is 13.6. The fourth-order valence-corrected chi connectivity index (χ4v) is 4.38. The van der Waals surface area contributed by atoms with Gasteiger partial charge in [0, 0.05) is 50.0 Å². The molecule has 0 aliphatic carbocycles. The van der Waals surface area contributed by atoms with Crippen molar-refractivity contribution in [2.24, 2.45) is 0 Å². The van der Waals surface area contributed by atoms with Gasteiger partial charge in [-0.2, -0.15) is 5.10 Å². The van der Waals surface area contributed by atoms with E-state index in [9.17, 15) is 4.79 Å². The molecule has 2 amide bonds. The number of hydrogen-bond donors (Lipinski definition) is 1. The van der Waals surface area contributed by atoms with Crippen molar-refractivity contribution in [3.63, 3.8) is 0 Å². The Labute approximate surface area is 202 Å². The van der Waals surface area contributed by atoms with Crippen LogP contribution >= 0.6 is 9.24 Å². The van der Waals surface area contributed by atoms with E-state index >= 15 is 0 Å². The second-order valence-corrected chi connectivity index (χ2v) is 8.60. The molecule has 1 aliphatic rings. The molecule has 34 heavy (non-hydrogen) atoms. The fraction of sp³-hybridized carbons (Fsp3) is 0.375. The number of aromatic nitrogens is 3. The van der Waals surface area contributed by atoms with E-state index in [1.807, 2.05) is 49.1 Å². The first-order chi connectivity index (χ1) is 16.5. The minimum atomic E-state index is -0.0677. The van der Waals surface area contributed by atoms with Crippen molar-refractivity contribution in [1.82, 2.24) is 25.0 Å². The molecule has 180 valence electrons. The lowest BCUT2D eigenvalue weighted by atomic mass is 10.2. The van der Waals surface area contributed by atoms with E-state index < -0.39 is 0 Å². The van der Waals surface area contributed by atoms with Gasteiger partial charge in [-0.05, 0) is 37.4 Å². The summed E-state index contributed by atoms with van der Waals surface area (Å²) in [5.41, 5.74) is 2.88. The van der Waals surface area contributed by atoms with Crippen molar-refractivity contribution in [3.8, 4) is 17.2 Å². The molecule has 1 aromatic heterocycles. The first kappa shape index (κ1) is 23.8. The summed E-state index contributed by atoms with van der Waals surface area (Å²) in [5, 5.41) is 8.45. The second kappa shape index (κ2) is 10.7. The molecule has 0 radical (unpaired) electrons. The van der Waals surface area contributed by atoms with Gasteiger partial charge in [-0.25, -0.2) is 14.5 Å². The number of piperazine rings is 1. The van der Waals surface area contributed by atoms with Gasteiger partial charge in [-0.15, -0.1) is 9.24 Å². The fourth-order valence-electron chi connectivity index (χ4n) is 4.03. The minimum absolute atomic E-state index is 0.0677. The zero-order valence-corrected chi connectivity index (χ0v) is 21.0. The molecule has 1 atom stereocenters. The third kappa shape index (κ3) is 5.25. The molecule has 3 aromatic rings. The highest BCUT2D eigenvalue weighted by molar-refractivity contribution is 7.27. The van der Waals surface area contributed by atoms with Crippen LogP contribution in [0.25, 0.3) is 5.69 Å². The Hall–Kier alpha value is -3.32. The van der Waals surface area contributed by atoms with E-state index in [2.05, 4.69) is 35.6 Å². The van der Waals surface area contributed by atoms with Crippen LogP contribution in [0, 0.1) is 6.92 Å². The summed E-state index contributed by atoms with van der Waals surface area (Å²) in [6.45, 7) is 7.56. The molecule has 4 rings (SSSR count). The summed E-state index contributed by atoms with van der Waals surface area (Å²) >= 11 is 0. The lowest BCUT2D eigenvalue weighted by Crippen LogP contribution is -2.51. The van der Waals surface area contributed by atoms with Crippen molar-refractivity contribution in [3.05, 3.63) is 54.1 Å². The lowest BCUT2D eigenvalue weighted by molar-refractivity contribution is 0.194. The summed E-state index contributed by atoms with van der Waals surface area (Å²) in [6.07, 6.45) is 1.69. The highest BCUT2D eigenvalue weighted by atomic mass is 31.0. The molecule has 0 saturated carbocycles. The average molecular weight is 483 g/mol. The molecule has 1 fully saturated rings. The summed E-state index contributed by atoms with van der Waals surface area (Å²) in [5.74, 6) is 2.24. The van der Waals surface area contributed by atoms with Crippen molar-refractivity contribution >= 4 is 26.3 Å². The number of anilines is 1. The number of methoxy groups -OCH3 is 1. The Morgan fingerprint density at radius 1 is 1.15 bits per heavy atom. The Morgan fingerprint density at radius 3 is 2.62 bits per heavy atom. The van der Waals surface area contributed by atoms with Crippen molar-refractivity contribution in [2.75, 3.05) is 44.8 Å². The summed E-state index contributed by atoms with van der Waals surface area (Å²) in [7, 11) is 4.33. The number of benzene rings is 2. The Kier molecular flexibility index (Phi) is 7.53. The van der Waals surface area contributed by atoms with Gasteiger partial charge in [0.1, 0.15) is 29.3 Å². The topological polar surface area (TPSA) is 84.8 Å². The first-order valence-electron chi connectivity index (χ1n) is 11.3. The molecule has 0 spiro atoms. The number of ether oxygens (including phenoxy) is 2. The number of nitrogens with one attached hydrogen (secondary N) is 1. The number of amides is 2. The van der Waals surface area contributed by atoms with Crippen LogP contribution in [-0.2, 0) is 6.54 Å². The Morgan fingerprint density at radius 2 is 1.94 bits per heavy atom. The Balaban J connectivity index is 1.38. The van der Waals surface area contributed by atoms with E-state index in [4.69, 9.17) is 9.47 Å². The van der Waals surface area contributed by atoms with Crippen LogP contribution < -0.4 is 25.0 Å². The lowest BCUT2D eigenvalue weighted by Gasteiger charge is -2.36. The van der Waals surface area contributed by atoms with Crippen LogP contribution in [0.2, 0.25) is 0 Å². The molecule has 1 saturated heterocycles. The van der Waals surface area contributed by atoms with E-state index in [0.29, 0.717) is 32.1 Å². The maximum atomic E-state index is 12.8. The van der Waals surface area contributed by atoms with Gasteiger partial charge in [-0.1, -0.05) is 12.1 Å². The van der Waals surface area contributed by atoms with Crippen molar-refractivity contribution < 1.29 is 14.3 Å². The van der Waals surface area contributed by atoms with Gasteiger partial charge < -0.3 is 24.6 Å². The number of carbonyl (C=O) groups excluding carboxylic acids is 1. The molecule has 9 nitrogen and oxygen atoms in total. The van der Waals surface area contributed by atoms with Gasteiger partial charge in [0.15, 0.2) is 0 Å². The predicted molar refractivity (Wildman–Crippen MR) is 136 cm³/mol. The SMILES string of the molecule is CCOc1cc(N2CCN(C(=O)NCc3c(P)cccc3OC)CC2)ccc1-n1cnc(C)n1. The van der Waals surface area contributed by atoms with E-state index in [-0.39, 0.29) is 6.03 Å². The molecular formula is C24H31N6O3P. The van der Waals surface area contributed by atoms with Crippen LogP contribution in [-0.4, -0.2) is 65.6 Å². The molecule has 10 heteroatoms. The predicted octanol–water partition coefficient (Wildman–Crippen LogP) is 2.52. The maximum absolute atomic E-state index is 12.8. The van der Waals surface area contributed by atoms with Crippen LogP contribution in [0.15, 0.2) is 42.7 Å². The number of carbonyl (C=O) groups is 1. The first-order valence-corrected chi connectivity index (χ1v) is 11.9. The molecule has 2 aromatic carbocycles. The van der Waals surface area contributed by atoms with Gasteiger partial charge >= 0.3 is 6.03 Å². The third-order valence-corrected chi connectivity index (χ3v) is 6.37. The van der Waals surface area contributed by atoms with Crippen LogP contribution in [0.1, 0.15) is 18.3 Å². The van der Waals surface area contributed by atoms with Crippen LogP contribution in [0.3, 0.4) is 0 Å². The van der Waals surface area contributed by atoms with E-state index in [1.54, 1.807) is 18.1 Å². The number of rotatable bonds is 7. The third-order valence-electron chi connectivity index (χ3n) is 5.83. The Bertz CT molecular complexity index is 1140. The zero-order chi connectivity index (χ0) is 24.1. The number of urea groups is 1. The minimum Gasteiger partial charge on any atom is -0.496 e. The van der Waals surface area contributed by atoms with Gasteiger partial charge in [0.05, 0.1) is 13.7 Å². The summed E-state index contributed by atoms with van der Waals surface area (Å²) in [6, 6.07) is 11.9. The molecule has 1 N–H and O–H groups in total. The van der Waals surface area contributed by atoms with Gasteiger partial charge in [-0.3, -0.25) is 0 Å². The quantitative estimate of drug-likeness (QED) is 0.521. The van der Waals surface area contributed by atoms with E-state index in [0.717, 1.165) is 46.8 Å². The standard InChI is InChI=1S/C24H31N6O3P/c1-4-33-22-14-18(8-9-20(22)30-16-26-17(2)27-30)28-10-12-29(13-11-28)24(31)25-15-19-21(32-3)6-5-7-23(19)34/h5-9,14,16H,4,10-13,15,34H2,1-3H3,(H,25,31). The maximum Gasteiger partial charge on any atom is 0.317 e. The van der Waals surface area contributed by atoms with Crippen LogP contribution in [0.4, 0.5) is 10.5 Å². The van der Waals surface area contributed by atoms with E-state index in [1.165, 1.54) is 0 Å². The number of hydrogen-bond acceptors (Lipinski definition) is 6. The largest absolute Gasteiger partial charge is 0.496 e. The average Bonchev–Trinajstić information content (AvgIpc) is 3.29. The van der Waals surface area contributed by atoms with Crippen LogP contribution in [0.5, 0.6) is 11.5 Å². The highest BCUT2D eigenvalue weighted by Gasteiger charge is 2.22. The molecular weight excluding hydrogens is 451 g/mol. The molecule has 1 aliphatic heterocycles. The monoisotopic (exact) mass is 482 g/mol. The molecule has 1 unspecified atom stereocenters. The summed E-state index contributed by atoms with van der Waals surface area (Å²) in [4.78, 5) is 21.1. The smallest absolute Gasteiger partial charge is 0.317 e. The van der Waals surface area contributed by atoms with Gasteiger partial charge in [0.25, 0.3) is 0 Å². The zero-order valence-electron chi connectivity index (χ0n) is 19.8.